The van der Waals surface area contributed by atoms with Gasteiger partial charge in [0.15, 0.2) is 0 Å². The highest BCUT2D eigenvalue weighted by atomic mass is 16.6. The maximum absolute atomic E-state index is 13.4. The number of rotatable bonds is 5. The van der Waals surface area contributed by atoms with E-state index in [4.69, 9.17) is 4.74 Å². The Morgan fingerprint density at radius 2 is 1.52 bits per heavy atom. The van der Waals surface area contributed by atoms with Crippen molar-refractivity contribution in [1.29, 1.82) is 0 Å². The van der Waals surface area contributed by atoms with E-state index in [9.17, 15) is 4.79 Å². The van der Waals surface area contributed by atoms with Gasteiger partial charge in [0.25, 0.3) is 0 Å². The minimum atomic E-state index is -0.440. The summed E-state index contributed by atoms with van der Waals surface area (Å²) in [5.41, 5.74) is -0.658. The molecule has 0 spiro atoms. The monoisotopic (exact) mass is 348 g/mol. The molecule has 0 radical (unpaired) electrons. The minimum absolute atomic E-state index is 0.0239. The third-order valence-corrected chi connectivity index (χ3v) is 8.47. The molecule has 4 saturated carbocycles. The Morgan fingerprint density at radius 3 is 1.92 bits per heavy atom. The molecular formula is C23H40O2. The Kier molecular flexibility index (Phi) is 4.41. The fourth-order valence-electron chi connectivity index (χ4n) is 6.51. The van der Waals surface area contributed by atoms with Crippen LogP contribution in [0.1, 0.15) is 93.9 Å². The number of hydrogen-bond donors (Lipinski definition) is 0. The smallest absolute Gasteiger partial charge is 0.312 e. The van der Waals surface area contributed by atoms with Crippen LogP contribution in [0.3, 0.4) is 0 Å². The first-order chi connectivity index (χ1) is 11.3. The lowest BCUT2D eigenvalue weighted by Gasteiger charge is -2.51. The summed E-state index contributed by atoms with van der Waals surface area (Å²) in [4.78, 5) is 13.4. The van der Waals surface area contributed by atoms with Gasteiger partial charge in [-0.2, -0.15) is 0 Å². The molecule has 4 fully saturated rings. The summed E-state index contributed by atoms with van der Waals surface area (Å²) in [5, 5.41) is 0. The van der Waals surface area contributed by atoms with Gasteiger partial charge >= 0.3 is 5.97 Å². The number of carbonyl (C=O) groups is 1. The molecule has 4 rings (SSSR count). The number of hydrogen-bond acceptors (Lipinski definition) is 2. The molecule has 4 bridgehead atoms. The van der Waals surface area contributed by atoms with Crippen LogP contribution in [0.25, 0.3) is 0 Å². The van der Waals surface area contributed by atoms with Crippen molar-refractivity contribution in [2.75, 3.05) is 0 Å². The summed E-state index contributed by atoms with van der Waals surface area (Å²) in [5.74, 6) is 3.20. The fourth-order valence-corrected chi connectivity index (χ4v) is 6.51. The first-order valence-corrected chi connectivity index (χ1v) is 10.5. The van der Waals surface area contributed by atoms with Crippen LogP contribution in [0.5, 0.6) is 0 Å². The number of ether oxygens (including phenoxy) is 1. The topological polar surface area (TPSA) is 26.3 Å². The first-order valence-electron chi connectivity index (χ1n) is 10.5. The van der Waals surface area contributed by atoms with Crippen molar-refractivity contribution in [1.82, 2.24) is 0 Å². The molecule has 2 heteroatoms. The maximum atomic E-state index is 13.4. The van der Waals surface area contributed by atoms with E-state index in [0.717, 1.165) is 24.2 Å². The second kappa shape index (κ2) is 5.73. The van der Waals surface area contributed by atoms with Gasteiger partial charge < -0.3 is 4.74 Å². The molecule has 3 atom stereocenters. The standard InChI is InChI=1S/C23H40O2/c1-15(2)11-22(8,20(3,4)5)19(24)25-21(6,7)23-12-16-9-17(13-23)18(10-16)14-23/h15-18H,9-14H2,1-8H3. The van der Waals surface area contributed by atoms with Crippen LogP contribution >= 0.6 is 0 Å². The lowest BCUT2D eigenvalue weighted by molar-refractivity contribution is -0.195. The van der Waals surface area contributed by atoms with Gasteiger partial charge in [0.2, 0.25) is 0 Å². The largest absolute Gasteiger partial charge is 0.459 e. The molecule has 25 heavy (non-hydrogen) atoms. The Labute approximate surface area is 155 Å². The molecule has 4 aliphatic carbocycles. The Hall–Kier alpha value is -0.530. The molecule has 0 aromatic carbocycles. The Morgan fingerprint density at radius 1 is 1.00 bits per heavy atom. The zero-order valence-corrected chi connectivity index (χ0v) is 17.9. The van der Waals surface area contributed by atoms with Crippen LogP contribution in [0.15, 0.2) is 0 Å². The van der Waals surface area contributed by atoms with Gasteiger partial charge in [-0.15, -0.1) is 0 Å². The van der Waals surface area contributed by atoms with E-state index in [2.05, 4.69) is 55.4 Å². The Balaban J connectivity index is 1.81. The van der Waals surface area contributed by atoms with E-state index in [1.807, 2.05) is 0 Å². The third kappa shape index (κ3) is 2.96. The molecule has 0 saturated heterocycles. The van der Waals surface area contributed by atoms with E-state index >= 15 is 0 Å². The van der Waals surface area contributed by atoms with E-state index in [0.29, 0.717) is 5.92 Å². The van der Waals surface area contributed by atoms with Crippen molar-refractivity contribution in [3.8, 4) is 0 Å². The highest BCUT2D eigenvalue weighted by Crippen LogP contribution is 2.68. The number of carbonyl (C=O) groups excluding carboxylic acids is 1. The van der Waals surface area contributed by atoms with E-state index in [1.165, 1.54) is 32.1 Å². The Bertz CT molecular complexity index is 519. The highest BCUT2D eigenvalue weighted by Gasteiger charge is 2.63. The van der Waals surface area contributed by atoms with Crippen molar-refractivity contribution in [3.05, 3.63) is 0 Å². The molecule has 0 heterocycles. The van der Waals surface area contributed by atoms with Crippen LogP contribution in [-0.2, 0) is 9.53 Å². The van der Waals surface area contributed by atoms with Crippen molar-refractivity contribution >= 4 is 5.97 Å². The molecule has 4 aliphatic rings. The summed E-state index contributed by atoms with van der Waals surface area (Å²) < 4.78 is 6.42. The van der Waals surface area contributed by atoms with Crippen molar-refractivity contribution in [3.63, 3.8) is 0 Å². The molecule has 144 valence electrons. The van der Waals surface area contributed by atoms with E-state index in [1.54, 1.807) is 0 Å². The van der Waals surface area contributed by atoms with Gasteiger partial charge in [-0.05, 0) is 88.4 Å². The molecule has 3 unspecified atom stereocenters. The predicted octanol–water partition coefficient (Wildman–Crippen LogP) is 6.23. The summed E-state index contributed by atoms with van der Waals surface area (Å²) in [6.45, 7) is 17.5. The lowest BCUT2D eigenvalue weighted by atomic mass is 9.60. The zero-order valence-electron chi connectivity index (χ0n) is 17.9. The van der Waals surface area contributed by atoms with E-state index < -0.39 is 5.41 Å². The van der Waals surface area contributed by atoms with Gasteiger partial charge in [-0.3, -0.25) is 4.79 Å². The van der Waals surface area contributed by atoms with Crippen molar-refractivity contribution in [2.24, 2.45) is 39.9 Å². The minimum Gasteiger partial charge on any atom is -0.459 e. The van der Waals surface area contributed by atoms with Crippen LogP contribution in [0.4, 0.5) is 0 Å². The summed E-state index contributed by atoms with van der Waals surface area (Å²) in [6.07, 6.45) is 7.59. The molecular weight excluding hydrogens is 308 g/mol. The quantitative estimate of drug-likeness (QED) is 0.550. The van der Waals surface area contributed by atoms with Gasteiger partial charge in [0.1, 0.15) is 5.60 Å². The van der Waals surface area contributed by atoms with Gasteiger partial charge in [-0.1, -0.05) is 34.6 Å². The van der Waals surface area contributed by atoms with Gasteiger partial charge in [0, 0.05) is 5.41 Å². The SMILES string of the molecule is CC(C)CC(C)(C(=O)OC(C)(C)C12CC3CC(C1)C(C3)C2)C(C)(C)C. The maximum Gasteiger partial charge on any atom is 0.312 e. The number of esters is 1. The van der Waals surface area contributed by atoms with Crippen LogP contribution in [0, 0.1) is 39.9 Å². The van der Waals surface area contributed by atoms with Gasteiger partial charge in [0.05, 0.1) is 5.41 Å². The molecule has 0 aliphatic heterocycles. The average molecular weight is 349 g/mol. The second-order valence-electron chi connectivity index (χ2n) is 11.8. The zero-order chi connectivity index (χ0) is 18.8. The fraction of sp³-hybridized carbons (Fsp3) is 0.957. The highest BCUT2D eigenvalue weighted by molar-refractivity contribution is 5.78. The summed E-state index contributed by atoms with van der Waals surface area (Å²) in [7, 11) is 0. The van der Waals surface area contributed by atoms with Crippen LogP contribution in [-0.4, -0.2) is 11.6 Å². The lowest BCUT2D eigenvalue weighted by Crippen LogP contribution is -2.52. The molecule has 0 aromatic rings. The van der Waals surface area contributed by atoms with Crippen LogP contribution < -0.4 is 0 Å². The second-order valence-corrected chi connectivity index (χ2v) is 11.8. The molecule has 2 nitrogen and oxygen atoms in total. The van der Waals surface area contributed by atoms with Crippen LogP contribution in [0.2, 0.25) is 0 Å². The predicted molar refractivity (Wildman–Crippen MR) is 103 cm³/mol. The van der Waals surface area contributed by atoms with Gasteiger partial charge in [-0.25, -0.2) is 0 Å². The molecule has 0 aromatic heterocycles. The summed E-state index contributed by atoms with van der Waals surface area (Å²) >= 11 is 0. The normalized spacial score (nSPS) is 36.8. The van der Waals surface area contributed by atoms with Crippen molar-refractivity contribution < 1.29 is 9.53 Å². The average Bonchev–Trinajstić information content (AvgIpc) is 2.84. The molecule has 0 amide bonds. The summed E-state index contributed by atoms with van der Waals surface area (Å²) in [6, 6.07) is 0. The third-order valence-electron chi connectivity index (χ3n) is 8.47. The first kappa shape index (κ1) is 19.2. The molecule has 0 N–H and O–H groups in total. The van der Waals surface area contributed by atoms with E-state index in [-0.39, 0.29) is 22.4 Å². The van der Waals surface area contributed by atoms with Crippen molar-refractivity contribution in [2.45, 2.75) is 99.5 Å².